The van der Waals surface area contributed by atoms with Gasteiger partial charge in [0, 0.05) is 18.0 Å². The van der Waals surface area contributed by atoms with Gasteiger partial charge in [0.1, 0.15) is 0 Å². The molecule has 4 heteroatoms. The second-order valence-corrected chi connectivity index (χ2v) is 5.69. The van der Waals surface area contributed by atoms with Crippen LogP contribution >= 0.6 is 11.8 Å². The molecule has 0 atom stereocenters. The third-order valence-electron chi connectivity index (χ3n) is 2.56. The predicted octanol–water partition coefficient (Wildman–Crippen LogP) is 0.983. The number of amides is 1. The number of thioether (sulfide) groups is 1. The number of carbonyl (C=O) groups is 1. The van der Waals surface area contributed by atoms with Gasteiger partial charge in [-0.15, -0.1) is 0 Å². The molecule has 1 saturated heterocycles. The molecule has 1 fully saturated rings. The molecule has 0 saturated carbocycles. The molecule has 0 unspecified atom stereocenters. The maximum Gasteiger partial charge on any atom is 0.223 e. The molecule has 3 N–H and O–H groups in total. The average molecular weight is 216 g/mol. The van der Waals surface area contributed by atoms with E-state index >= 15 is 0 Å². The zero-order valence-electron chi connectivity index (χ0n) is 9.01. The Morgan fingerprint density at radius 1 is 1.50 bits per heavy atom. The van der Waals surface area contributed by atoms with Crippen molar-refractivity contribution in [3.8, 4) is 0 Å². The van der Waals surface area contributed by atoms with Gasteiger partial charge in [-0.05, 0) is 38.2 Å². The highest BCUT2D eigenvalue weighted by atomic mass is 32.2. The number of nitrogens with two attached hydrogens (primary N) is 1. The van der Waals surface area contributed by atoms with Gasteiger partial charge >= 0.3 is 0 Å². The van der Waals surface area contributed by atoms with Crippen LogP contribution in [0.2, 0.25) is 0 Å². The van der Waals surface area contributed by atoms with Crippen LogP contribution in [-0.4, -0.2) is 29.5 Å². The fraction of sp³-hybridized carbons (Fsp3) is 0.900. The normalized spacial score (nSPS) is 19.4. The molecule has 0 aliphatic carbocycles. The lowest BCUT2D eigenvalue weighted by Gasteiger charge is -2.28. The number of rotatable bonds is 3. The number of hydrogen-bond acceptors (Lipinski definition) is 3. The number of carbonyl (C=O) groups excluding carboxylic acids is 1. The van der Waals surface area contributed by atoms with E-state index in [0.29, 0.717) is 6.54 Å². The summed E-state index contributed by atoms with van der Waals surface area (Å²) in [7, 11) is 0. The third kappa shape index (κ3) is 3.50. The van der Waals surface area contributed by atoms with Gasteiger partial charge in [0.25, 0.3) is 0 Å². The van der Waals surface area contributed by atoms with E-state index in [9.17, 15) is 4.79 Å². The minimum Gasteiger partial charge on any atom is -0.350 e. The first-order chi connectivity index (χ1) is 6.55. The third-order valence-corrected chi connectivity index (χ3v) is 3.61. The molecule has 0 radical (unpaired) electrons. The minimum atomic E-state index is -0.262. The van der Waals surface area contributed by atoms with Gasteiger partial charge in [0.05, 0.1) is 0 Å². The molecular weight excluding hydrogens is 196 g/mol. The molecule has 82 valence electrons. The van der Waals surface area contributed by atoms with Crippen molar-refractivity contribution in [2.75, 3.05) is 18.1 Å². The van der Waals surface area contributed by atoms with Crippen LogP contribution in [0, 0.1) is 5.92 Å². The van der Waals surface area contributed by atoms with E-state index in [4.69, 9.17) is 5.73 Å². The second-order valence-electron chi connectivity index (χ2n) is 4.46. The molecule has 14 heavy (non-hydrogen) atoms. The van der Waals surface area contributed by atoms with E-state index in [1.807, 2.05) is 25.6 Å². The van der Waals surface area contributed by atoms with Crippen molar-refractivity contribution < 1.29 is 4.79 Å². The summed E-state index contributed by atoms with van der Waals surface area (Å²) in [5.41, 5.74) is 5.30. The van der Waals surface area contributed by atoms with E-state index < -0.39 is 0 Å². The summed E-state index contributed by atoms with van der Waals surface area (Å²) in [5.74, 6) is 2.62. The Bertz CT molecular complexity index is 200. The molecule has 1 rings (SSSR count). The van der Waals surface area contributed by atoms with Crippen LogP contribution in [0.25, 0.3) is 0 Å². The Morgan fingerprint density at radius 3 is 2.57 bits per heavy atom. The molecule has 1 heterocycles. The molecule has 1 aliphatic heterocycles. The largest absolute Gasteiger partial charge is 0.350 e. The minimum absolute atomic E-state index is 0.181. The van der Waals surface area contributed by atoms with E-state index in [-0.39, 0.29) is 17.4 Å². The zero-order chi connectivity index (χ0) is 10.6. The van der Waals surface area contributed by atoms with Crippen LogP contribution < -0.4 is 11.1 Å². The average Bonchev–Trinajstić information content (AvgIpc) is 2.19. The molecule has 0 spiro atoms. The monoisotopic (exact) mass is 216 g/mol. The lowest BCUT2D eigenvalue weighted by atomic mass is 9.99. The summed E-state index contributed by atoms with van der Waals surface area (Å²) in [6.45, 7) is 4.41. The molecular formula is C10H20N2OS. The van der Waals surface area contributed by atoms with Crippen molar-refractivity contribution in [2.45, 2.75) is 32.2 Å². The van der Waals surface area contributed by atoms with Crippen LogP contribution in [0.15, 0.2) is 0 Å². The smallest absolute Gasteiger partial charge is 0.223 e. The van der Waals surface area contributed by atoms with Crippen molar-refractivity contribution in [1.29, 1.82) is 0 Å². The Balaban J connectivity index is 2.40. The highest BCUT2D eigenvalue weighted by Crippen LogP contribution is 2.23. The van der Waals surface area contributed by atoms with Crippen molar-refractivity contribution in [3.05, 3.63) is 0 Å². The van der Waals surface area contributed by atoms with E-state index in [0.717, 1.165) is 24.3 Å². The molecule has 3 nitrogen and oxygen atoms in total. The first kappa shape index (κ1) is 11.9. The van der Waals surface area contributed by atoms with Crippen LogP contribution in [0.5, 0.6) is 0 Å². The van der Waals surface area contributed by atoms with Crippen LogP contribution in [0.4, 0.5) is 0 Å². The molecule has 1 aliphatic rings. The van der Waals surface area contributed by atoms with Gasteiger partial charge < -0.3 is 11.1 Å². The summed E-state index contributed by atoms with van der Waals surface area (Å²) in [6, 6.07) is 0. The SMILES string of the molecule is CC(C)(CN)NC(=O)C1CCSCC1. The Kier molecular flexibility index (Phi) is 4.26. The summed E-state index contributed by atoms with van der Waals surface area (Å²) in [4.78, 5) is 11.8. The fourth-order valence-electron chi connectivity index (χ4n) is 1.45. The molecule has 0 bridgehead atoms. The van der Waals surface area contributed by atoms with E-state index in [1.165, 1.54) is 0 Å². The van der Waals surface area contributed by atoms with Gasteiger partial charge in [0.15, 0.2) is 0 Å². The maximum absolute atomic E-state index is 11.8. The fourth-order valence-corrected chi connectivity index (χ4v) is 2.55. The van der Waals surface area contributed by atoms with Gasteiger partial charge in [-0.2, -0.15) is 11.8 Å². The van der Waals surface area contributed by atoms with Crippen molar-refractivity contribution in [1.82, 2.24) is 5.32 Å². The van der Waals surface area contributed by atoms with Crippen molar-refractivity contribution in [2.24, 2.45) is 11.7 Å². The maximum atomic E-state index is 11.8. The topological polar surface area (TPSA) is 55.1 Å². The van der Waals surface area contributed by atoms with E-state index in [2.05, 4.69) is 5.32 Å². The van der Waals surface area contributed by atoms with Gasteiger partial charge in [-0.1, -0.05) is 0 Å². The Morgan fingerprint density at radius 2 is 2.07 bits per heavy atom. The summed E-state index contributed by atoms with van der Waals surface area (Å²) in [5, 5.41) is 3.00. The van der Waals surface area contributed by atoms with Crippen LogP contribution in [0.3, 0.4) is 0 Å². The second kappa shape index (κ2) is 5.03. The quantitative estimate of drug-likeness (QED) is 0.739. The Labute approximate surface area is 90.2 Å². The summed E-state index contributed by atoms with van der Waals surface area (Å²) < 4.78 is 0. The Hall–Kier alpha value is -0.220. The first-order valence-corrected chi connectivity index (χ1v) is 6.30. The highest BCUT2D eigenvalue weighted by molar-refractivity contribution is 7.99. The standard InChI is InChI=1S/C10H20N2OS/c1-10(2,7-11)12-9(13)8-3-5-14-6-4-8/h8H,3-7,11H2,1-2H3,(H,12,13). The summed E-state index contributed by atoms with van der Waals surface area (Å²) >= 11 is 1.94. The lowest BCUT2D eigenvalue weighted by molar-refractivity contribution is -0.126. The zero-order valence-corrected chi connectivity index (χ0v) is 9.82. The number of nitrogens with one attached hydrogen (secondary N) is 1. The molecule has 1 amide bonds. The lowest BCUT2D eigenvalue weighted by Crippen LogP contribution is -2.51. The van der Waals surface area contributed by atoms with Crippen LogP contribution in [0.1, 0.15) is 26.7 Å². The first-order valence-electron chi connectivity index (χ1n) is 5.15. The van der Waals surface area contributed by atoms with Crippen LogP contribution in [-0.2, 0) is 4.79 Å². The van der Waals surface area contributed by atoms with Gasteiger partial charge in [-0.25, -0.2) is 0 Å². The molecule has 0 aromatic carbocycles. The highest BCUT2D eigenvalue weighted by Gasteiger charge is 2.25. The predicted molar refractivity (Wildman–Crippen MR) is 61.3 cm³/mol. The number of hydrogen-bond donors (Lipinski definition) is 2. The summed E-state index contributed by atoms with van der Waals surface area (Å²) in [6.07, 6.45) is 2.02. The molecule has 0 aromatic heterocycles. The van der Waals surface area contributed by atoms with Crippen molar-refractivity contribution >= 4 is 17.7 Å². The van der Waals surface area contributed by atoms with Gasteiger partial charge in [-0.3, -0.25) is 4.79 Å². The molecule has 0 aromatic rings. The van der Waals surface area contributed by atoms with Gasteiger partial charge in [0.2, 0.25) is 5.91 Å². The van der Waals surface area contributed by atoms with E-state index in [1.54, 1.807) is 0 Å². The van der Waals surface area contributed by atoms with Crippen molar-refractivity contribution in [3.63, 3.8) is 0 Å².